The standard InChI is InChI=1S/C23H22ClN7O/c24-17-6-8-18(9-7-17)25-15-21(32)29-10-12-30(13-11-29)22-20-14-28-31(23(20)27-16-26-22)19-4-2-1-3-5-19/h1-9,14,16,25H,10-13,15H2. The first-order chi connectivity index (χ1) is 15.7. The van der Waals surface area contributed by atoms with E-state index in [9.17, 15) is 4.79 Å². The summed E-state index contributed by atoms with van der Waals surface area (Å²) in [6.45, 7) is 2.94. The van der Waals surface area contributed by atoms with Crippen molar-refractivity contribution >= 4 is 40.0 Å². The number of carbonyl (C=O) groups is 1. The summed E-state index contributed by atoms with van der Waals surface area (Å²) in [6.07, 6.45) is 3.39. The summed E-state index contributed by atoms with van der Waals surface area (Å²) >= 11 is 5.91. The number of fused-ring (bicyclic) bond motifs is 1. The highest BCUT2D eigenvalue weighted by atomic mass is 35.5. The van der Waals surface area contributed by atoms with Crippen molar-refractivity contribution in [2.45, 2.75) is 0 Å². The molecule has 2 aromatic heterocycles. The van der Waals surface area contributed by atoms with Gasteiger partial charge in [-0.15, -0.1) is 0 Å². The SMILES string of the molecule is O=C(CNc1ccc(Cl)cc1)N1CCN(c2ncnc3c2cnn3-c2ccccc2)CC1. The first-order valence-electron chi connectivity index (χ1n) is 10.5. The van der Waals surface area contributed by atoms with Gasteiger partial charge < -0.3 is 15.1 Å². The van der Waals surface area contributed by atoms with Gasteiger partial charge in [0.1, 0.15) is 12.1 Å². The Kier molecular flexibility index (Phi) is 5.60. The molecule has 3 heterocycles. The van der Waals surface area contributed by atoms with E-state index in [1.807, 2.05) is 58.2 Å². The van der Waals surface area contributed by atoms with Crippen LogP contribution in [0.15, 0.2) is 67.1 Å². The molecule has 1 aliphatic heterocycles. The maximum atomic E-state index is 12.6. The number of hydrogen-bond acceptors (Lipinski definition) is 6. The third kappa shape index (κ3) is 4.09. The number of rotatable bonds is 5. The van der Waals surface area contributed by atoms with Crippen molar-refractivity contribution in [3.8, 4) is 5.69 Å². The van der Waals surface area contributed by atoms with Gasteiger partial charge in [-0.3, -0.25) is 4.79 Å². The minimum Gasteiger partial charge on any atom is -0.376 e. The van der Waals surface area contributed by atoms with Crippen LogP contribution in [-0.2, 0) is 4.79 Å². The lowest BCUT2D eigenvalue weighted by atomic mass is 10.2. The van der Waals surface area contributed by atoms with Gasteiger partial charge in [0.25, 0.3) is 0 Å². The number of anilines is 2. The Morgan fingerprint density at radius 3 is 2.47 bits per heavy atom. The molecule has 0 bridgehead atoms. The van der Waals surface area contributed by atoms with Crippen molar-refractivity contribution < 1.29 is 4.79 Å². The minimum atomic E-state index is 0.0735. The van der Waals surface area contributed by atoms with Crippen molar-refractivity contribution in [1.82, 2.24) is 24.6 Å². The van der Waals surface area contributed by atoms with Gasteiger partial charge in [0, 0.05) is 36.9 Å². The molecule has 1 aliphatic rings. The smallest absolute Gasteiger partial charge is 0.241 e. The molecule has 0 aliphatic carbocycles. The molecule has 0 unspecified atom stereocenters. The predicted molar refractivity (Wildman–Crippen MR) is 125 cm³/mol. The number of amides is 1. The highest BCUT2D eigenvalue weighted by molar-refractivity contribution is 6.30. The summed E-state index contributed by atoms with van der Waals surface area (Å²) in [7, 11) is 0. The summed E-state index contributed by atoms with van der Waals surface area (Å²) in [5.41, 5.74) is 2.60. The van der Waals surface area contributed by atoms with Crippen molar-refractivity contribution in [1.29, 1.82) is 0 Å². The Balaban J connectivity index is 1.25. The quantitative estimate of drug-likeness (QED) is 0.506. The van der Waals surface area contributed by atoms with Crippen LogP contribution >= 0.6 is 11.6 Å². The van der Waals surface area contributed by atoms with Crippen LogP contribution in [0, 0.1) is 0 Å². The van der Waals surface area contributed by atoms with E-state index < -0.39 is 0 Å². The van der Waals surface area contributed by atoms with E-state index >= 15 is 0 Å². The van der Waals surface area contributed by atoms with E-state index in [4.69, 9.17) is 11.6 Å². The third-order valence-corrected chi connectivity index (χ3v) is 5.82. The van der Waals surface area contributed by atoms with Crippen molar-refractivity contribution in [3.63, 3.8) is 0 Å². The predicted octanol–water partition coefficient (Wildman–Crippen LogP) is 3.23. The van der Waals surface area contributed by atoms with Crippen LogP contribution in [0.4, 0.5) is 11.5 Å². The van der Waals surface area contributed by atoms with Crippen LogP contribution in [0.25, 0.3) is 16.7 Å². The third-order valence-electron chi connectivity index (χ3n) is 5.57. The Bertz CT molecular complexity index is 1220. The summed E-state index contributed by atoms with van der Waals surface area (Å²) in [5.74, 6) is 0.924. The van der Waals surface area contributed by atoms with Crippen molar-refractivity contribution in [2.75, 3.05) is 42.9 Å². The molecule has 0 saturated carbocycles. The summed E-state index contributed by atoms with van der Waals surface area (Å²) in [5, 5.41) is 9.26. The number of hydrogen-bond donors (Lipinski definition) is 1. The second kappa shape index (κ2) is 8.84. The van der Waals surface area contributed by atoms with E-state index in [0.717, 1.165) is 28.2 Å². The summed E-state index contributed by atoms with van der Waals surface area (Å²) in [6, 6.07) is 17.2. The fraction of sp³-hybridized carbons (Fsp3) is 0.217. The lowest BCUT2D eigenvalue weighted by Gasteiger charge is -2.35. The number of aromatic nitrogens is 4. The second-order valence-corrected chi connectivity index (χ2v) is 7.99. The zero-order valence-corrected chi connectivity index (χ0v) is 18.1. The number of nitrogens with one attached hydrogen (secondary N) is 1. The molecule has 32 heavy (non-hydrogen) atoms. The first-order valence-corrected chi connectivity index (χ1v) is 10.8. The lowest BCUT2D eigenvalue weighted by Crippen LogP contribution is -2.50. The van der Waals surface area contributed by atoms with Crippen LogP contribution in [0.5, 0.6) is 0 Å². The van der Waals surface area contributed by atoms with Crippen LogP contribution in [0.1, 0.15) is 0 Å². The van der Waals surface area contributed by atoms with Gasteiger partial charge >= 0.3 is 0 Å². The fourth-order valence-corrected chi connectivity index (χ4v) is 3.99. The topological polar surface area (TPSA) is 79.2 Å². The number of para-hydroxylation sites is 1. The number of nitrogens with zero attached hydrogens (tertiary/aromatic N) is 6. The molecular weight excluding hydrogens is 426 g/mol. The van der Waals surface area contributed by atoms with E-state index in [1.165, 1.54) is 0 Å². The number of halogens is 1. The maximum absolute atomic E-state index is 12.6. The first kappa shape index (κ1) is 20.3. The van der Waals surface area contributed by atoms with Gasteiger partial charge in [0.05, 0.1) is 23.8 Å². The second-order valence-electron chi connectivity index (χ2n) is 7.55. The van der Waals surface area contributed by atoms with Crippen molar-refractivity contribution in [2.24, 2.45) is 0 Å². The van der Waals surface area contributed by atoms with Gasteiger partial charge in [-0.25, -0.2) is 14.6 Å². The lowest BCUT2D eigenvalue weighted by molar-refractivity contribution is -0.129. The number of benzene rings is 2. The van der Waals surface area contributed by atoms with E-state index in [-0.39, 0.29) is 12.5 Å². The van der Waals surface area contributed by atoms with E-state index in [2.05, 4.69) is 25.3 Å². The summed E-state index contributed by atoms with van der Waals surface area (Å²) in [4.78, 5) is 25.7. The van der Waals surface area contributed by atoms with E-state index in [0.29, 0.717) is 31.2 Å². The molecule has 2 aromatic carbocycles. The number of carbonyl (C=O) groups excluding carboxylic acids is 1. The average molecular weight is 448 g/mol. The van der Waals surface area contributed by atoms with Crippen molar-refractivity contribution in [3.05, 3.63) is 72.1 Å². The Labute approximate surface area is 190 Å². The molecule has 1 N–H and O–H groups in total. The molecule has 9 heteroatoms. The molecule has 162 valence electrons. The molecular formula is C23H22ClN7O. The summed E-state index contributed by atoms with van der Waals surface area (Å²) < 4.78 is 1.82. The van der Waals surface area contributed by atoms with Crippen LogP contribution in [-0.4, -0.2) is 63.3 Å². The minimum absolute atomic E-state index is 0.0735. The largest absolute Gasteiger partial charge is 0.376 e. The number of piperazine rings is 1. The molecule has 1 amide bonds. The van der Waals surface area contributed by atoms with Gasteiger partial charge in [0.2, 0.25) is 5.91 Å². The molecule has 0 radical (unpaired) electrons. The molecule has 4 aromatic rings. The Morgan fingerprint density at radius 2 is 1.72 bits per heavy atom. The zero-order valence-electron chi connectivity index (χ0n) is 17.4. The Hall–Kier alpha value is -3.65. The zero-order chi connectivity index (χ0) is 21.9. The highest BCUT2D eigenvalue weighted by Crippen LogP contribution is 2.25. The van der Waals surface area contributed by atoms with Gasteiger partial charge in [-0.2, -0.15) is 5.10 Å². The Morgan fingerprint density at radius 1 is 0.969 bits per heavy atom. The highest BCUT2D eigenvalue weighted by Gasteiger charge is 2.24. The van der Waals surface area contributed by atoms with Crippen LogP contribution < -0.4 is 10.2 Å². The van der Waals surface area contributed by atoms with Crippen LogP contribution in [0.2, 0.25) is 5.02 Å². The molecule has 1 fully saturated rings. The van der Waals surface area contributed by atoms with E-state index in [1.54, 1.807) is 18.5 Å². The van der Waals surface area contributed by atoms with Gasteiger partial charge in [-0.1, -0.05) is 29.8 Å². The molecule has 8 nitrogen and oxygen atoms in total. The monoisotopic (exact) mass is 447 g/mol. The van der Waals surface area contributed by atoms with Crippen LogP contribution in [0.3, 0.4) is 0 Å². The molecule has 1 saturated heterocycles. The van der Waals surface area contributed by atoms with Gasteiger partial charge in [-0.05, 0) is 36.4 Å². The molecule has 0 spiro atoms. The maximum Gasteiger partial charge on any atom is 0.241 e. The average Bonchev–Trinajstić information content (AvgIpc) is 3.28. The normalized spacial score (nSPS) is 14.0. The molecule has 5 rings (SSSR count). The van der Waals surface area contributed by atoms with Gasteiger partial charge in [0.15, 0.2) is 5.65 Å². The molecule has 0 atom stereocenters. The fourth-order valence-electron chi connectivity index (χ4n) is 3.87.